The zero-order valence-electron chi connectivity index (χ0n) is 17.5. The molecule has 0 bridgehead atoms. The van der Waals surface area contributed by atoms with Gasteiger partial charge in [0, 0.05) is 45.5 Å². The Labute approximate surface area is 171 Å². The third kappa shape index (κ3) is 6.50. The summed E-state index contributed by atoms with van der Waals surface area (Å²) >= 11 is 0. The molecular formula is C20H31N7O2. The van der Waals surface area contributed by atoms with Crippen molar-refractivity contribution in [2.24, 2.45) is 4.99 Å². The van der Waals surface area contributed by atoms with Crippen LogP contribution in [0.4, 0.5) is 0 Å². The van der Waals surface area contributed by atoms with Crippen LogP contribution in [0.1, 0.15) is 50.2 Å². The number of nitrogens with one attached hydrogen (secondary N) is 2. The second kappa shape index (κ2) is 10.9. The number of guanidine groups is 1. The third-order valence-electron chi connectivity index (χ3n) is 4.93. The summed E-state index contributed by atoms with van der Waals surface area (Å²) in [6.45, 7) is 7.86. The Balaban J connectivity index is 1.40. The lowest BCUT2D eigenvalue weighted by Crippen LogP contribution is -2.48. The van der Waals surface area contributed by atoms with Crippen LogP contribution < -0.4 is 10.6 Å². The van der Waals surface area contributed by atoms with Gasteiger partial charge in [-0.05, 0) is 38.8 Å². The topological polar surface area (TPSA) is 101 Å². The number of piperidine rings is 1. The maximum Gasteiger partial charge on any atom is 0.246 e. The second-order valence-corrected chi connectivity index (χ2v) is 7.09. The van der Waals surface area contributed by atoms with Gasteiger partial charge in [0.15, 0.2) is 11.8 Å². The van der Waals surface area contributed by atoms with Gasteiger partial charge in [0.1, 0.15) is 6.10 Å². The van der Waals surface area contributed by atoms with E-state index in [1.54, 1.807) is 7.05 Å². The molecular weight excluding hydrogens is 370 g/mol. The lowest BCUT2D eigenvalue weighted by atomic mass is 10.1. The quantitative estimate of drug-likeness (QED) is 0.511. The number of rotatable bonds is 8. The third-order valence-corrected chi connectivity index (χ3v) is 4.93. The Morgan fingerprint density at radius 1 is 1.38 bits per heavy atom. The van der Waals surface area contributed by atoms with Crippen molar-refractivity contribution in [1.29, 1.82) is 0 Å². The zero-order valence-corrected chi connectivity index (χ0v) is 17.5. The fourth-order valence-electron chi connectivity index (χ4n) is 3.33. The molecule has 1 atom stereocenters. The van der Waals surface area contributed by atoms with E-state index in [0.717, 1.165) is 44.1 Å². The van der Waals surface area contributed by atoms with Crippen LogP contribution in [0.3, 0.4) is 0 Å². The van der Waals surface area contributed by atoms with Crippen LogP contribution in [0.5, 0.6) is 0 Å². The van der Waals surface area contributed by atoms with Crippen molar-refractivity contribution < 1.29 is 9.26 Å². The number of nitrogens with zero attached hydrogens (tertiary/aromatic N) is 5. The smallest absolute Gasteiger partial charge is 0.246 e. The van der Waals surface area contributed by atoms with Gasteiger partial charge >= 0.3 is 0 Å². The molecule has 3 rings (SSSR count). The number of hydrogen-bond acceptors (Lipinski definition) is 7. The minimum atomic E-state index is -0.175. The number of aromatic nitrogens is 3. The Morgan fingerprint density at radius 3 is 2.90 bits per heavy atom. The van der Waals surface area contributed by atoms with E-state index in [-0.39, 0.29) is 6.10 Å². The molecule has 0 amide bonds. The lowest BCUT2D eigenvalue weighted by molar-refractivity contribution is 0.0683. The number of ether oxygens (including phenoxy) is 1. The van der Waals surface area contributed by atoms with Crippen molar-refractivity contribution >= 4 is 5.96 Å². The highest BCUT2D eigenvalue weighted by Crippen LogP contribution is 2.14. The molecule has 1 fully saturated rings. The first kappa shape index (κ1) is 21.2. The molecule has 2 N–H and O–H groups in total. The van der Waals surface area contributed by atoms with E-state index in [1.807, 2.05) is 32.2 Å². The van der Waals surface area contributed by atoms with Crippen LogP contribution in [-0.2, 0) is 17.8 Å². The molecule has 1 unspecified atom stereocenters. The molecule has 1 saturated heterocycles. The predicted molar refractivity (Wildman–Crippen MR) is 110 cm³/mol. The van der Waals surface area contributed by atoms with Crippen molar-refractivity contribution in [3.63, 3.8) is 0 Å². The standard InChI is InChI=1S/C20H31N7O2/c1-4-28-15(2)19-25-18(29-26-19)13-23-20(21-3)24-16-8-11-27(12-9-16)14-17-7-5-6-10-22-17/h5-7,10,15-16H,4,8-9,11-14H2,1-3H3,(H2,21,23,24). The fraction of sp³-hybridized carbons (Fsp3) is 0.600. The van der Waals surface area contributed by atoms with Gasteiger partial charge in [-0.2, -0.15) is 4.98 Å². The monoisotopic (exact) mass is 401 g/mol. The van der Waals surface area contributed by atoms with E-state index in [9.17, 15) is 0 Å². The van der Waals surface area contributed by atoms with Gasteiger partial charge in [-0.15, -0.1) is 0 Å². The molecule has 3 heterocycles. The number of pyridine rings is 1. The van der Waals surface area contributed by atoms with E-state index in [2.05, 4.69) is 41.7 Å². The minimum absolute atomic E-state index is 0.175. The molecule has 9 nitrogen and oxygen atoms in total. The summed E-state index contributed by atoms with van der Waals surface area (Å²) in [4.78, 5) is 15.5. The highest BCUT2D eigenvalue weighted by atomic mass is 16.5. The van der Waals surface area contributed by atoms with E-state index in [4.69, 9.17) is 9.26 Å². The fourth-order valence-corrected chi connectivity index (χ4v) is 3.33. The highest BCUT2D eigenvalue weighted by molar-refractivity contribution is 5.79. The van der Waals surface area contributed by atoms with Crippen LogP contribution in [0.2, 0.25) is 0 Å². The van der Waals surface area contributed by atoms with Gasteiger partial charge in [-0.3, -0.25) is 14.9 Å². The summed E-state index contributed by atoms with van der Waals surface area (Å²) in [7, 11) is 1.77. The highest BCUT2D eigenvalue weighted by Gasteiger charge is 2.20. The van der Waals surface area contributed by atoms with Crippen LogP contribution in [0.25, 0.3) is 0 Å². The molecule has 29 heavy (non-hydrogen) atoms. The van der Waals surface area contributed by atoms with Crippen LogP contribution in [0, 0.1) is 0 Å². The van der Waals surface area contributed by atoms with E-state index < -0.39 is 0 Å². The largest absolute Gasteiger partial charge is 0.371 e. The summed E-state index contributed by atoms with van der Waals surface area (Å²) in [6, 6.07) is 6.45. The molecule has 0 saturated carbocycles. The average Bonchev–Trinajstić information content (AvgIpc) is 3.22. The first-order valence-electron chi connectivity index (χ1n) is 10.2. The number of aliphatic imine (C=N–C) groups is 1. The van der Waals surface area contributed by atoms with Crippen molar-refractivity contribution in [1.82, 2.24) is 30.7 Å². The molecule has 0 aromatic carbocycles. The van der Waals surface area contributed by atoms with Crippen molar-refractivity contribution in [3.8, 4) is 0 Å². The second-order valence-electron chi connectivity index (χ2n) is 7.09. The normalized spacial score (nSPS) is 17.3. The molecule has 1 aliphatic heterocycles. The van der Waals surface area contributed by atoms with Crippen LogP contribution in [-0.4, -0.2) is 58.8 Å². The Hall–Kier alpha value is -2.52. The molecule has 0 aliphatic carbocycles. The van der Waals surface area contributed by atoms with Gasteiger partial charge in [0.25, 0.3) is 0 Å². The summed E-state index contributed by atoms with van der Waals surface area (Å²) in [5.41, 5.74) is 1.12. The SMILES string of the molecule is CCOC(C)c1noc(CNC(=NC)NC2CCN(Cc3ccccn3)CC2)n1. The maximum atomic E-state index is 5.49. The van der Waals surface area contributed by atoms with Gasteiger partial charge in [0.2, 0.25) is 5.89 Å². The molecule has 9 heteroatoms. The van der Waals surface area contributed by atoms with E-state index >= 15 is 0 Å². The molecule has 1 aliphatic rings. The first-order valence-corrected chi connectivity index (χ1v) is 10.2. The summed E-state index contributed by atoms with van der Waals surface area (Å²) in [6.07, 6.45) is 3.79. The van der Waals surface area contributed by atoms with Crippen molar-refractivity contribution in [2.45, 2.75) is 51.9 Å². The first-order chi connectivity index (χ1) is 14.2. The van der Waals surface area contributed by atoms with Gasteiger partial charge in [-0.1, -0.05) is 11.2 Å². The minimum Gasteiger partial charge on any atom is -0.371 e. The Kier molecular flexibility index (Phi) is 7.94. The van der Waals surface area contributed by atoms with E-state index in [1.165, 1.54) is 0 Å². The Morgan fingerprint density at radius 2 is 2.21 bits per heavy atom. The summed E-state index contributed by atoms with van der Waals surface area (Å²) in [5, 5.41) is 10.7. The molecule has 2 aromatic rings. The van der Waals surface area contributed by atoms with Crippen molar-refractivity contribution in [3.05, 3.63) is 41.8 Å². The summed E-state index contributed by atoms with van der Waals surface area (Å²) in [5.74, 6) is 1.82. The molecule has 0 radical (unpaired) electrons. The number of hydrogen-bond donors (Lipinski definition) is 2. The lowest BCUT2D eigenvalue weighted by Gasteiger charge is -2.32. The van der Waals surface area contributed by atoms with Gasteiger partial charge in [0.05, 0.1) is 12.2 Å². The van der Waals surface area contributed by atoms with Crippen LogP contribution >= 0.6 is 0 Å². The number of likely N-dealkylation sites (tertiary alicyclic amines) is 1. The maximum absolute atomic E-state index is 5.49. The van der Waals surface area contributed by atoms with Crippen LogP contribution in [0.15, 0.2) is 33.9 Å². The predicted octanol–water partition coefficient (Wildman–Crippen LogP) is 1.89. The molecule has 0 spiro atoms. The average molecular weight is 402 g/mol. The van der Waals surface area contributed by atoms with Crippen molar-refractivity contribution in [2.75, 3.05) is 26.7 Å². The Bertz CT molecular complexity index is 757. The molecule has 2 aromatic heterocycles. The summed E-state index contributed by atoms with van der Waals surface area (Å²) < 4.78 is 10.8. The molecule has 158 valence electrons. The zero-order chi connectivity index (χ0) is 20.5. The van der Waals surface area contributed by atoms with Gasteiger partial charge < -0.3 is 19.9 Å². The van der Waals surface area contributed by atoms with Gasteiger partial charge in [-0.25, -0.2) is 0 Å². The van der Waals surface area contributed by atoms with E-state index in [0.29, 0.717) is 30.9 Å².